The normalized spacial score (nSPS) is 33.6. The second kappa shape index (κ2) is 8.80. The minimum atomic E-state index is -4.32. The van der Waals surface area contributed by atoms with E-state index in [1.807, 2.05) is 4.90 Å². The number of hydrogen-bond donors (Lipinski definition) is 1. The number of anilines is 1. The summed E-state index contributed by atoms with van der Waals surface area (Å²) < 4.78 is 45.0. The van der Waals surface area contributed by atoms with Crippen LogP contribution in [-0.2, 0) is 10.9 Å². The minimum Gasteiger partial charge on any atom is -0.389 e. The summed E-state index contributed by atoms with van der Waals surface area (Å²) in [4.78, 5) is 4.17. The second-order valence-corrected chi connectivity index (χ2v) is 10.9. The van der Waals surface area contributed by atoms with Gasteiger partial charge in [0.15, 0.2) is 0 Å². The highest BCUT2D eigenvalue weighted by Gasteiger charge is 2.50. The van der Waals surface area contributed by atoms with Gasteiger partial charge >= 0.3 is 6.18 Å². The first-order chi connectivity index (χ1) is 15.3. The van der Waals surface area contributed by atoms with Crippen molar-refractivity contribution in [2.24, 2.45) is 23.2 Å². The summed E-state index contributed by atoms with van der Waals surface area (Å²) in [6.45, 7) is 4.47. The molecule has 1 saturated heterocycles. The van der Waals surface area contributed by atoms with Gasteiger partial charge < -0.3 is 14.7 Å². The predicted molar refractivity (Wildman–Crippen MR) is 118 cm³/mol. The van der Waals surface area contributed by atoms with E-state index in [9.17, 15) is 18.3 Å². The zero-order valence-corrected chi connectivity index (χ0v) is 18.7. The summed E-state index contributed by atoms with van der Waals surface area (Å²) in [6.07, 6.45) is 3.37. The third-order valence-corrected chi connectivity index (χ3v) is 8.26. The van der Waals surface area contributed by atoms with Gasteiger partial charge in [0.25, 0.3) is 0 Å². The quantitative estimate of drug-likeness (QED) is 0.664. The highest BCUT2D eigenvalue weighted by Crippen LogP contribution is 2.60. The molecule has 0 amide bonds. The molecule has 5 aliphatic rings. The Kier molecular flexibility index (Phi) is 6.18. The van der Waals surface area contributed by atoms with Crippen LogP contribution in [0, 0.1) is 23.2 Å². The molecule has 1 N–H and O–H groups in total. The topological polar surface area (TPSA) is 35.9 Å². The summed E-state index contributed by atoms with van der Waals surface area (Å²) in [5.74, 6) is 2.72. The molecule has 0 aromatic heterocycles. The van der Waals surface area contributed by atoms with E-state index in [0.717, 1.165) is 43.5 Å². The lowest BCUT2D eigenvalue weighted by atomic mass is 9.50. The van der Waals surface area contributed by atoms with Crippen LogP contribution >= 0.6 is 0 Å². The third kappa shape index (κ3) is 4.95. The smallest absolute Gasteiger partial charge is 0.389 e. The van der Waals surface area contributed by atoms with E-state index in [0.29, 0.717) is 37.3 Å². The van der Waals surface area contributed by atoms with Crippen LogP contribution in [0.1, 0.15) is 44.1 Å². The summed E-state index contributed by atoms with van der Waals surface area (Å²) in [5.41, 5.74) is 0.369. The zero-order chi connectivity index (χ0) is 22.3. The Morgan fingerprint density at radius 1 is 1.00 bits per heavy atom. The number of β-amino-alcohol motifs (C(OH)–C–C–N with tert-alkyl or cyclic N) is 1. The van der Waals surface area contributed by atoms with E-state index < -0.39 is 17.8 Å². The van der Waals surface area contributed by atoms with Crippen LogP contribution in [0.15, 0.2) is 24.3 Å². The molecule has 1 aromatic carbocycles. The number of piperazine rings is 1. The highest BCUT2D eigenvalue weighted by atomic mass is 19.4. The van der Waals surface area contributed by atoms with Gasteiger partial charge in [-0.3, -0.25) is 4.90 Å². The van der Waals surface area contributed by atoms with Crippen LogP contribution in [0.4, 0.5) is 18.9 Å². The molecular weight excluding hydrogens is 417 g/mol. The summed E-state index contributed by atoms with van der Waals surface area (Å²) >= 11 is 0. The van der Waals surface area contributed by atoms with Gasteiger partial charge in [-0.1, -0.05) is 6.07 Å². The Bertz CT molecular complexity index is 756. The number of ether oxygens (including phenoxy) is 1. The van der Waals surface area contributed by atoms with Crippen LogP contribution < -0.4 is 4.90 Å². The molecule has 0 unspecified atom stereocenters. The first-order valence-corrected chi connectivity index (χ1v) is 12.2. The number of halogens is 3. The molecule has 7 heteroatoms. The number of benzene rings is 1. The Balaban J connectivity index is 1.05. The second-order valence-electron chi connectivity index (χ2n) is 10.9. The highest BCUT2D eigenvalue weighted by molar-refractivity contribution is 5.49. The Morgan fingerprint density at radius 3 is 2.22 bits per heavy atom. The lowest BCUT2D eigenvalue weighted by Crippen LogP contribution is -2.50. The number of hydrogen-bond acceptors (Lipinski definition) is 4. The summed E-state index contributed by atoms with van der Waals surface area (Å²) in [6, 6.07) is 5.54. The van der Waals surface area contributed by atoms with E-state index in [1.165, 1.54) is 50.7 Å². The molecule has 0 spiro atoms. The average molecular weight is 453 g/mol. The number of rotatable bonds is 7. The minimum absolute atomic E-state index is 0.366. The molecule has 1 aliphatic heterocycles. The molecule has 1 aromatic rings. The van der Waals surface area contributed by atoms with Gasteiger partial charge in [0.1, 0.15) is 0 Å². The fourth-order valence-corrected chi connectivity index (χ4v) is 7.30. The Morgan fingerprint density at radius 2 is 1.62 bits per heavy atom. The van der Waals surface area contributed by atoms with Crippen molar-refractivity contribution in [1.82, 2.24) is 4.90 Å². The van der Waals surface area contributed by atoms with Gasteiger partial charge in [0.05, 0.1) is 24.9 Å². The van der Waals surface area contributed by atoms with Gasteiger partial charge in [0.2, 0.25) is 0 Å². The van der Waals surface area contributed by atoms with E-state index in [4.69, 9.17) is 4.74 Å². The van der Waals surface area contributed by atoms with Gasteiger partial charge in [-0.2, -0.15) is 13.2 Å². The molecule has 1 atom stereocenters. The monoisotopic (exact) mass is 452 g/mol. The van der Waals surface area contributed by atoms with E-state index in [-0.39, 0.29) is 0 Å². The molecule has 5 fully saturated rings. The lowest BCUT2D eigenvalue weighted by molar-refractivity contribution is -0.137. The molecular formula is C25H35F3N2O2. The number of aliphatic hydroxyl groups excluding tert-OH is 1. The van der Waals surface area contributed by atoms with Gasteiger partial charge in [-0.05, 0) is 79.9 Å². The van der Waals surface area contributed by atoms with Crippen LogP contribution in [0.2, 0.25) is 0 Å². The first-order valence-electron chi connectivity index (χ1n) is 12.2. The van der Waals surface area contributed by atoms with Crippen LogP contribution in [0.25, 0.3) is 0 Å². The molecule has 32 heavy (non-hydrogen) atoms. The molecule has 6 rings (SSSR count). The Labute approximate surface area is 188 Å². The van der Waals surface area contributed by atoms with Gasteiger partial charge in [-0.25, -0.2) is 0 Å². The first kappa shape index (κ1) is 22.5. The average Bonchev–Trinajstić information content (AvgIpc) is 2.73. The zero-order valence-electron chi connectivity index (χ0n) is 18.7. The third-order valence-electron chi connectivity index (χ3n) is 8.26. The standard InChI is InChI=1S/C25H35F3N2O2/c26-25(27,28)21-2-1-3-22(11-21)30-6-4-29(5-7-30)15-23(31)16-32-17-24-12-18-8-19(13-24)10-20(9-18)14-24/h1-3,11,18-20,23,31H,4-10,12-17H2/t18?,19?,20?,23-,24?/m1/s1. The van der Waals surface area contributed by atoms with Crippen molar-refractivity contribution in [2.45, 2.75) is 50.8 Å². The van der Waals surface area contributed by atoms with Crippen molar-refractivity contribution in [2.75, 3.05) is 50.8 Å². The number of nitrogens with zero attached hydrogens (tertiary/aromatic N) is 2. The molecule has 178 valence electrons. The maximum atomic E-state index is 13.0. The van der Waals surface area contributed by atoms with Gasteiger partial charge in [0, 0.05) is 38.4 Å². The van der Waals surface area contributed by atoms with Crippen molar-refractivity contribution >= 4 is 5.69 Å². The molecule has 0 radical (unpaired) electrons. The largest absolute Gasteiger partial charge is 0.416 e. The molecule has 4 aliphatic carbocycles. The van der Waals surface area contributed by atoms with Crippen LogP contribution in [0.5, 0.6) is 0 Å². The van der Waals surface area contributed by atoms with E-state index in [2.05, 4.69) is 4.90 Å². The van der Waals surface area contributed by atoms with E-state index in [1.54, 1.807) is 6.07 Å². The SMILES string of the molecule is O[C@@H](COCC12CC3CC(CC(C3)C1)C2)CN1CCN(c2cccc(C(F)(F)F)c2)CC1. The van der Waals surface area contributed by atoms with Crippen molar-refractivity contribution in [1.29, 1.82) is 0 Å². The summed E-state index contributed by atoms with van der Waals surface area (Å²) in [5, 5.41) is 10.5. The van der Waals surface area contributed by atoms with Crippen LogP contribution in [0.3, 0.4) is 0 Å². The fourth-order valence-electron chi connectivity index (χ4n) is 7.30. The molecule has 4 saturated carbocycles. The maximum Gasteiger partial charge on any atom is 0.416 e. The molecule has 4 nitrogen and oxygen atoms in total. The van der Waals surface area contributed by atoms with Crippen molar-refractivity contribution < 1.29 is 23.0 Å². The number of alkyl halides is 3. The molecule has 1 heterocycles. The predicted octanol–water partition coefficient (Wildman–Crippen LogP) is 4.42. The number of aliphatic hydroxyl groups is 1. The van der Waals surface area contributed by atoms with Crippen molar-refractivity contribution in [3.8, 4) is 0 Å². The van der Waals surface area contributed by atoms with Crippen molar-refractivity contribution in [3.63, 3.8) is 0 Å². The lowest BCUT2D eigenvalue weighted by Gasteiger charge is -2.56. The fraction of sp³-hybridized carbons (Fsp3) is 0.760. The van der Waals surface area contributed by atoms with Crippen LogP contribution in [-0.4, -0.2) is 62.0 Å². The van der Waals surface area contributed by atoms with Gasteiger partial charge in [-0.15, -0.1) is 0 Å². The molecule has 4 bridgehead atoms. The summed E-state index contributed by atoms with van der Waals surface area (Å²) in [7, 11) is 0. The van der Waals surface area contributed by atoms with E-state index >= 15 is 0 Å². The maximum absolute atomic E-state index is 13.0. The van der Waals surface area contributed by atoms with Crippen molar-refractivity contribution in [3.05, 3.63) is 29.8 Å². The Hall–Kier alpha value is -1.31.